The standard InChI is InChI=1S/C37H51FN4O7/c1-35(2,3)30(40-34(48)41-37(15-7-6-8-16-37)33(47)49-20-22-11-13-24(38)14-12-22)32(46)42-19-25-27(36(25,4)5)28(42)26(43)18-23(17-21-9-10-21)29(44)31(39)45/h11-14,21,23,25,27-28,30H,6-10,15-20H2,1-5H3,(H2,39,45)(H2,40,41,48)/t23?,25-,27-,28+,30+/m0/s1. The molecule has 4 aliphatic rings. The summed E-state index contributed by atoms with van der Waals surface area (Å²) in [5.41, 5.74) is 3.70. The monoisotopic (exact) mass is 682 g/mol. The number of primary amides is 1. The van der Waals surface area contributed by atoms with Crippen LogP contribution in [-0.2, 0) is 35.3 Å². The zero-order chi connectivity index (χ0) is 35.9. The van der Waals surface area contributed by atoms with Gasteiger partial charge in [-0.1, -0.05) is 78.9 Å². The number of ketones is 2. The van der Waals surface area contributed by atoms with E-state index in [4.69, 9.17) is 10.5 Å². The molecule has 1 aromatic carbocycles. The predicted octanol–water partition coefficient (Wildman–Crippen LogP) is 4.20. The van der Waals surface area contributed by atoms with Crippen LogP contribution in [0.1, 0.15) is 98.0 Å². The third kappa shape index (κ3) is 7.99. The van der Waals surface area contributed by atoms with Crippen molar-refractivity contribution in [3.63, 3.8) is 0 Å². The van der Waals surface area contributed by atoms with Gasteiger partial charge in [0.05, 0.1) is 6.04 Å². The maximum atomic E-state index is 14.4. The van der Waals surface area contributed by atoms with Crippen molar-refractivity contribution in [2.75, 3.05) is 6.54 Å². The molecule has 4 fully saturated rings. The first-order valence-electron chi connectivity index (χ1n) is 17.6. The second-order valence-corrected chi connectivity index (χ2v) is 16.4. The molecule has 3 aliphatic carbocycles. The lowest BCUT2D eigenvalue weighted by Crippen LogP contribution is -2.63. The van der Waals surface area contributed by atoms with Crippen molar-refractivity contribution in [2.24, 2.45) is 40.2 Å². The molecule has 3 saturated carbocycles. The Balaban J connectivity index is 1.31. The number of nitrogens with zero attached hydrogens (tertiary/aromatic N) is 1. The summed E-state index contributed by atoms with van der Waals surface area (Å²) < 4.78 is 19.0. The number of carbonyl (C=O) groups excluding carboxylic acids is 6. The van der Waals surface area contributed by atoms with E-state index in [2.05, 4.69) is 24.5 Å². The maximum Gasteiger partial charge on any atom is 0.332 e. The van der Waals surface area contributed by atoms with E-state index in [-0.39, 0.29) is 42.0 Å². The molecule has 0 aromatic heterocycles. The summed E-state index contributed by atoms with van der Waals surface area (Å²) in [5, 5.41) is 5.70. The van der Waals surface area contributed by atoms with E-state index in [1.807, 2.05) is 20.8 Å². The normalized spacial score (nSPS) is 24.9. The number of hydrogen-bond donors (Lipinski definition) is 3. The van der Waals surface area contributed by atoms with Gasteiger partial charge < -0.3 is 26.0 Å². The van der Waals surface area contributed by atoms with Gasteiger partial charge in [0.1, 0.15) is 24.0 Å². The van der Waals surface area contributed by atoms with Gasteiger partial charge in [0.2, 0.25) is 11.7 Å². The van der Waals surface area contributed by atoms with E-state index in [0.29, 0.717) is 44.2 Å². The van der Waals surface area contributed by atoms with E-state index in [9.17, 15) is 33.2 Å². The summed E-state index contributed by atoms with van der Waals surface area (Å²) in [7, 11) is 0. The number of esters is 1. The first-order chi connectivity index (χ1) is 22.9. The second kappa shape index (κ2) is 13.8. The van der Waals surface area contributed by atoms with Crippen LogP contribution in [-0.4, -0.2) is 64.4 Å². The highest BCUT2D eigenvalue weighted by atomic mass is 19.1. The molecule has 0 spiro atoms. The number of nitrogens with two attached hydrogens (primary N) is 1. The second-order valence-electron chi connectivity index (χ2n) is 16.4. The van der Waals surface area contributed by atoms with Crippen molar-refractivity contribution >= 4 is 35.4 Å². The van der Waals surface area contributed by atoms with E-state index >= 15 is 0 Å². The van der Waals surface area contributed by atoms with Crippen LogP contribution in [0.3, 0.4) is 0 Å². The molecule has 0 radical (unpaired) electrons. The van der Waals surface area contributed by atoms with E-state index in [1.165, 1.54) is 24.3 Å². The highest BCUT2D eigenvalue weighted by molar-refractivity contribution is 6.36. The summed E-state index contributed by atoms with van der Waals surface area (Å²) in [5.74, 6) is -4.04. The van der Waals surface area contributed by atoms with Gasteiger partial charge in [-0.05, 0) is 65.5 Å². The molecule has 1 heterocycles. The number of Topliss-reactive ketones (excluding diaryl/α,β-unsaturated/α-hetero) is 2. The van der Waals surface area contributed by atoms with Crippen LogP contribution in [0.4, 0.5) is 9.18 Å². The first kappa shape index (κ1) is 36.5. The van der Waals surface area contributed by atoms with Crippen molar-refractivity contribution in [3.8, 4) is 0 Å². The van der Waals surface area contributed by atoms with Gasteiger partial charge in [0.15, 0.2) is 5.78 Å². The quantitative estimate of drug-likeness (QED) is 0.207. The molecule has 4 amide bonds. The maximum absolute atomic E-state index is 14.4. The molecule has 268 valence electrons. The van der Waals surface area contributed by atoms with Crippen LogP contribution in [0, 0.1) is 40.3 Å². The third-order valence-corrected chi connectivity index (χ3v) is 11.3. The highest BCUT2D eigenvalue weighted by Gasteiger charge is 2.69. The average molecular weight is 683 g/mol. The Kier molecular flexibility index (Phi) is 10.3. The molecule has 1 unspecified atom stereocenters. The zero-order valence-corrected chi connectivity index (χ0v) is 29.3. The average Bonchev–Trinajstić information content (AvgIpc) is 3.89. The van der Waals surface area contributed by atoms with E-state index < -0.39 is 64.4 Å². The molecule has 11 nitrogen and oxygen atoms in total. The SMILES string of the molecule is CC(C)(C)[C@H](NC(=O)NC1(C(=O)OCc2ccc(F)cc2)CCCCC1)C(=O)N1C[C@H]2[C@@H]([C@H]1C(=O)CC(CC1CC1)C(=O)C(N)=O)C2(C)C. The van der Waals surface area contributed by atoms with E-state index in [1.54, 1.807) is 4.90 Å². The van der Waals surface area contributed by atoms with Crippen LogP contribution in [0.5, 0.6) is 0 Å². The van der Waals surface area contributed by atoms with Crippen molar-refractivity contribution < 1.29 is 37.9 Å². The van der Waals surface area contributed by atoms with Gasteiger partial charge in [-0.2, -0.15) is 0 Å². The number of amides is 4. The van der Waals surface area contributed by atoms with Gasteiger partial charge in [-0.3, -0.25) is 19.2 Å². The van der Waals surface area contributed by atoms with Crippen LogP contribution in [0.25, 0.3) is 0 Å². The summed E-state index contributed by atoms with van der Waals surface area (Å²) in [4.78, 5) is 81.7. The molecule has 5 atom stereocenters. The lowest BCUT2D eigenvalue weighted by atomic mass is 9.81. The zero-order valence-electron chi connectivity index (χ0n) is 29.3. The number of nitrogens with one attached hydrogen (secondary N) is 2. The number of fused-ring (bicyclic) bond motifs is 1. The Morgan fingerprint density at radius 1 is 1.02 bits per heavy atom. The Morgan fingerprint density at radius 3 is 2.22 bits per heavy atom. The van der Waals surface area contributed by atoms with E-state index in [0.717, 1.165) is 19.3 Å². The minimum Gasteiger partial charge on any atom is -0.459 e. The summed E-state index contributed by atoms with van der Waals surface area (Å²) in [6.07, 6.45) is 5.17. The summed E-state index contributed by atoms with van der Waals surface area (Å²) in [6, 6.07) is 3.08. The lowest BCUT2D eigenvalue weighted by molar-refractivity contribution is -0.154. The number of hydrogen-bond acceptors (Lipinski definition) is 7. The molecular weight excluding hydrogens is 631 g/mol. The smallest absolute Gasteiger partial charge is 0.332 e. The molecule has 49 heavy (non-hydrogen) atoms. The van der Waals surface area contributed by atoms with Gasteiger partial charge in [-0.15, -0.1) is 0 Å². The Bertz CT molecular complexity index is 1480. The van der Waals surface area contributed by atoms with Crippen molar-refractivity contribution in [1.82, 2.24) is 15.5 Å². The van der Waals surface area contributed by atoms with Crippen LogP contribution in [0.15, 0.2) is 24.3 Å². The van der Waals surface area contributed by atoms with Crippen LogP contribution >= 0.6 is 0 Å². The number of urea groups is 1. The molecule has 12 heteroatoms. The Hall–Kier alpha value is -3.83. The number of likely N-dealkylation sites (tertiary alicyclic amines) is 1. The number of benzene rings is 1. The van der Waals surface area contributed by atoms with Gasteiger partial charge in [0, 0.05) is 18.9 Å². The summed E-state index contributed by atoms with van der Waals surface area (Å²) in [6.45, 7) is 9.83. The molecule has 4 N–H and O–H groups in total. The third-order valence-electron chi connectivity index (χ3n) is 11.3. The number of piperidine rings is 1. The number of rotatable bonds is 13. The Morgan fingerprint density at radius 2 is 1.65 bits per heavy atom. The van der Waals surface area contributed by atoms with Crippen molar-refractivity contribution in [3.05, 3.63) is 35.6 Å². The van der Waals surface area contributed by atoms with Gasteiger partial charge in [0.25, 0.3) is 5.91 Å². The fourth-order valence-corrected chi connectivity index (χ4v) is 8.09. The Labute approximate surface area is 287 Å². The van der Waals surface area contributed by atoms with Crippen LogP contribution in [0.2, 0.25) is 0 Å². The first-order valence-corrected chi connectivity index (χ1v) is 17.6. The molecule has 1 aliphatic heterocycles. The molecular formula is C37H51FN4O7. The fourth-order valence-electron chi connectivity index (χ4n) is 8.09. The van der Waals surface area contributed by atoms with Gasteiger partial charge in [-0.25, -0.2) is 14.0 Å². The van der Waals surface area contributed by atoms with Crippen LogP contribution < -0.4 is 16.4 Å². The minimum absolute atomic E-state index is 0.0787. The molecule has 0 bridgehead atoms. The number of halogens is 1. The predicted molar refractivity (Wildman–Crippen MR) is 178 cm³/mol. The molecule has 1 saturated heterocycles. The largest absolute Gasteiger partial charge is 0.459 e. The number of ether oxygens (including phenoxy) is 1. The van der Waals surface area contributed by atoms with Crippen molar-refractivity contribution in [1.29, 1.82) is 0 Å². The topological polar surface area (TPSA) is 165 Å². The lowest BCUT2D eigenvalue weighted by Gasteiger charge is -2.39. The highest BCUT2D eigenvalue weighted by Crippen LogP contribution is 2.65. The summed E-state index contributed by atoms with van der Waals surface area (Å²) >= 11 is 0. The molecule has 5 rings (SSSR count). The van der Waals surface area contributed by atoms with Gasteiger partial charge >= 0.3 is 12.0 Å². The van der Waals surface area contributed by atoms with Crippen molar-refractivity contribution in [2.45, 2.75) is 117 Å². The fraction of sp³-hybridized carbons (Fsp3) is 0.676. The minimum atomic E-state index is -1.30. The molecule has 1 aromatic rings. The number of carbonyl (C=O) groups is 6.